The molecule has 1 aromatic heterocycles. The molecule has 12 rings (SSSR count). The van der Waals surface area contributed by atoms with E-state index in [1.54, 1.807) is 0 Å². The van der Waals surface area contributed by atoms with Gasteiger partial charge in [0.05, 0.1) is 51.8 Å². The number of fused-ring (bicyclic) bond motifs is 6. The van der Waals surface area contributed by atoms with Crippen LogP contribution in [0.4, 0.5) is 11.4 Å². The van der Waals surface area contributed by atoms with Gasteiger partial charge in [0.15, 0.2) is 0 Å². The number of benzene rings is 6. The van der Waals surface area contributed by atoms with Crippen molar-refractivity contribution in [3.8, 4) is 12.1 Å². The van der Waals surface area contributed by atoms with Crippen molar-refractivity contribution in [3.63, 3.8) is 0 Å². The Kier molecular flexibility index (Phi) is 5.31. The highest BCUT2D eigenvalue weighted by molar-refractivity contribution is 6.10. The smallest absolute Gasteiger partial charge is 0.109 e. The van der Waals surface area contributed by atoms with Crippen molar-refractivity contribution in [3.05, 3.63) is 176 Å². The summed E-state index contributed by atoms with van der Waals surface area (Å²) in [5.74, 6) is -0.190. The number of nitriles is 2. The van der Waals surface area contributed by atoms with Gasteiger partial charge in [0, 0.05) is 22.4 Å². The van der Waals surface area contributed by atoms with Crippen molar-refractivity contribution in [2.45, 2.75) is 30.7 Å². The van der Waals surface area contributed by atoms with Gasteiger partial charge in [0.2, 0.25) is 0 Å². The van der Waals surface area contributed by atoms with Crippen molar-refractivity contribution in [1.29, 1.82) is 10.5 Å². The monoisotopic (exact) mass is 638 g/mol. The Hall–Kier alpha value is -6.63. The molecule has 0 saturated heterocycles. The first-order chi connectivity index (χ1) is 24.6. The largest absolute Gasteiger partial charge is 0.372 e. The van der Waals surface area contributed by atoms with Gasteiger partial charge in [-0.1, -0.05) is 97.1 Å². The minimum atomic E-state index is -0.111. The minimum Gasteiger partial charge on any atom is -0.372 e. The number of hydrogen-bond acceptors (Lipinski definition) is 6. The first-order valence-electron chi connectivity index (χ1n) is 17.0. The van der Waals surface area contributed by atoms with E-state index in [-0.39, 0.29) is 23.8 Å². The van der Waals surface area contributed by atoms with E-state index in [1.165, 1.54) is 44.5 Å². The van der Waals surface area contributed by atoms with Crippen molar-refractivity contribution in [2.24, 2.45) is 4.99 Å². The van der Waals surface area contributed by atoms with Crippen LogP contribution in [0, 0.1) is 22.7 Å². The van der Waals surface area contributed by atoms with Gasteiger partial charge in [-0.3, -0.25) is 4.99 Å². The molecular weight excluding hydrogens is 613 g/mol. The lowest BCUT2D eigenvalue weighted by molar-refractivity contribution is 0.709. The van der Waals surface area contributed by atoms with Crippen molar-refractivity contribution in [2.75, 3.05) is 5.32 Å². The van der Waals surface area contributed by atoms with Crippen LogP contribution in [-0.2, 0) is 0 Å². The molecule has 0 atom stereocenters. The van der Waals surface area contributed by atoms with Crippen LogP contribution in [0.25, 0.3) is 21.8 Å². The number of aliphatic imine (C=N–C) groups is 1. The molecule has 5 aliphatic rings. The van der Waals surface area contributed by atoms with Gasteiger partial charge in [-0.2, -0.15) is 10.5 Å². The Morgan fingerprint density at radius 1 is 0.540 bits per heavy atom. The molecule has 0 spiro atoms. The summed E-state index contributed by atoms with van der Waals surface area (Å²) in [6.45, 7) is 2.09. The number of hydrogen-bond donors (Lipinski definition) is 1. The topological polar surface area (TPSA) is 97.8 Å². The third-order valence-electron chi connectivity index (χ3n) is 11.4. The third-order valence-corrected chi connectivity index (χ3v) is 11.4. The zero-order valence-corrected chi connectivity index (χ0v) is 26.9. The van der Waals surface area contributed by atoms with Crippen LogP contribution < -0.4 is 5.32 Å². The van der Waals surface area contributed by atoms with Gasteiger partial charge in [-0.05, 0) is 63.6 Å². The summed E-state index contributed by atoms with van der Waals surface area (Å²) in [7, 11) is 0. The second-order valence-electron chi connectivity index (χ2n) is 13.7. The Bertz CT molecular complexity index is 2720. The van der Waals surface area contributed by atoms with Crippen molar-refractivity contribution >= 4 is 38.9 Å². The van der Waals surface area contributed by atoms with Crippen LogP contribution in [0.5, 0.6) is 0 Å². The van der Waals surface area contributed by atoms with E-state index in [1.807, 2.05) is 12.1 Å². The Morgan fingerprint density at radius 3 is 1.38 bits per heavy atom. The molecule has 0 fully saturated rings. The van der Waals surface area contributed by atoms with Crippen LogP contribution in [0.1, 0.15) is 97.7 Å². The Labute approximate surface area is 288 Å². The molecule has 6 nitrogen and oxygen atoms in total. The standard InChI is InChI=1S/C44H26N6/c1-22-37-27-14-6-8-16-29(27)40(30-17-9-7-15-28(30)37)48-36-19-32-31(18-35(36)47-22)33(20-45)41-42(34(32)21-46)50-44-39-25-12-4-2-10-23(25)38(43(44)49-41)24-11-3-5-13-26(24)39/h2-19,37-40,48H,1H3/b47-22+. The molecular formula is C44H26N6. The molecule has 0 radical (unpaired) electrons. The lowest BCUT2D eigenvalue weighted by atomic mass is 9.64. The van der Waals surface area contributed by atoms with Crippen molar-refractivity contribution < 1.29 is 0 Å². The number of anilines is 1. The predicted molar refractivity (Wildman–Crippen MR) is 194 cm³/mol. The Balaban J connectivity index is 1.20. The molecule has 1 aliphatic heterocycles. The highest BCUT2D eigenvalue weighted by atomic mass is 15.0. The van der Waals surface area contributed by atoms with Crippen LogP contribution in [0.2, 0.25) is 0 Å². The van der Waals surface area contributed by atoms with Crippen LogP contribution >= 0.6 is 0 Å². The number of rotatable bonds is 0. The summed E-state index contributed by atoms with van der Waals surface area (Å²) >= 11 is 0. The fourth-order valence-corrected chi connectivity index (χ4v) is 9.35. The number of aromatic nitrogens is 2. The second kappa shape index (κ2) is 9.72. The zero-order chi connectivity index (χ0) is 33.2. The fraction of sp³-hybridized carbons (Fsp3) is 0.114. The maximum absolute atomic E-state index is 10.9. The van der Waals surface area contributed by atoms with Gasteiger partial charge in [0.1, 0.15) is 23.2 Å². The van der Waals surface area contributed by atoms with E-state index in [2.05, 4.69) is 121 Å². The molecule has 0 saturated carbocycles. The van der Waals surface area contributed by atoms with Crippen LogP contribution in [0.15, 0.2) is 114 Å². The van der Waals surface area contributed by atoms with Gasteiger partial charge >= 0.3 is 0 Å². The van der Waals surface area contributed by atoms with E-state index < -0.39 is 0 Å². The van der Waals surface area contributed by atoms with E-state index in [9.17, 15) is 10.5 Å². The average molecular weight is 639 g/mol. The summed E-state index contributed by atoms with van der Waals surface area (Å²) in [6.07, 6.45) is 0. The van der Waals surface area contributed by atoms with Crippen molar-refractivity contribution in [1.82, 2.24) is 9.97 Å². The molecule has 6 aromatic carbocycles. The second-order valence-corrected chi connectivity index (χ2v) is 13.7. The highest BCUT2D eigenvalue weighted by Crippen LogP contribution is 2.55. The summed E-state index contributed by atoms with van der Waals surface area (Å²) in [5, 5.41) is 26.9. The molecule has 232 valence electrons. The Morgan fingerprint density at radius 2 is 0.940 bits per heavy atom. The summed E-state index contributed by atoms with van der Waals surface area (Å²) in [4.78, 5) is 15.9. The van der Waals surface area contributed by atoms with E-state index in [0.717, 1.165) is 28.5 Å². The average Bonchev–Trinajstić information content (AvgIpc) is 3.24. The molecule has 2 heterocycles. The lowest BCUT2D eigenvalue weighted by Gasteiger charge is -2.40. The zero-order valence-electron chi connectivity index (χ0n) is 26.9. The van der Waals surface area contributed by atoms with Gasteiger partial charge in [-0.25, -0.2) is 9.97 Å². The normalized spacial score (nSPS) is 21.0. The molecule has 7 aromatic rings. The molecule has 6 heteroatoms. The predicted octanol–water partition coefficient (Wildman–Crippen LogP) is 9.27. The molecule has 1 N–H and O–H groups in total. The van der Waals surface area contributed by atoms with Crippen LogP contribution in [0.3, 0.4) is 0 Å². The van der Waals surface area contributed by atoms with E-state index in [0.29, 0.717) is 32.9 Å². The summed E-state index contributed by atoms with van der Waals surface area (Å²) in [5.41, 5.74) is 15.8. The summed E-state index contributed by atoms with van der Waals surface area (Å²) in [6, 6.07) is 43.0. The fourth-order valence-electron chi connectivity index (χ4n) is 9.35. The molecule has 50 heavy (non-hydrogen) atoms. The summed E-state index contributed by atoms with van der Waals surface area (Å²) < 4.78 is 0. The molecule has 0 amide bonds. The molecule has 4 bridgehead atoms. The third kappa shape index (κ3) is 3.37. The van der Waals surface area contributed by atoms with Gasteiger partial charge < -0.3 is 5.32 Å². The number of nitrogens with zero attached hydrogens (tertiary/aromatic N) is 5. The van der Waals surface area contributed by atoms with Gasteiger partial charge in [0.25, 0.3) is 0 Å². The van der Waals surface area contributed by atoms with Crippen LogP contribution in [-0.4, -0.2) is 15.7 Å². The first-order valence-corrected chi connectivity index (χ1v) is 17.0. The molecule has 4 aliphatic carbocycles. The number of nitrogens with one attached hydrogen (secondary N) is 1. The van der Waals surface area contributed by atoms with Gasteiger partial charge in [-0.15, -0.1) is 0 Å². The van der Waals surface area contributed by atoms with E-state index in [4.69, 9.17) is 15.0 Å². The first kappa shape index (κ1) is 27.3. The maximum atomic E-state index is 10.9. The maximum Gasteiger partial charge on any atom is 0.109 e. The highest BCUT2D eigenvalue weighted by Gasteiger charge is 2.44. The molecule has 0 unspecified atom stereocenters. The quantitative estimate of drug-likeness (QED) is 0.167. The minimum absolute atomic E-state index is 0.00220. The van der Waals surface area contributed by atoms with E-state index >= 15 is 0 Å². The SMILES string of the molecule is C/C1=N\c2cc3c(C#N)c4nc5c(nc4c(C#N)c3cc2NC2c3ccccc3C1c1ccccc12)C1c2ccccc2C5c2ccccc21. The lowest BCUT2D eigenvalue weighted by Crippen LogP contribution is -2.29.